The molecular formula is C24H26FNO2S. The molecule has 0 spiro atoms. The van der Waals surface area contributed by atoms with E-state index in [4.69, 9.17) is 4.98 Å². The molecule has 0 saturated heterocycles. The van der Waals surface area contributed by atoms with Crippen LogP contribution in [0.4, 0.5) is 4.39 Å². The van der Waals surface area contributed by atoms with E-state index < -0.39 is 5.97 Å². The minimum absolute atomic E-state index is 0.236. The number of carbonyl (C=O) groups is 1. The number of carboxylic acid groups (broad SMARTS) is 1. The standard InChI is InChI=1S/C24H26FNO2S/c1-14(24(27)28)6-5-8-18-15(2)26-23-22(19-7-3-4-9-20(19)29-23)21(18)16-10-12-17(25)13-11-16/h10-14H,3-9H2,1-2H3,(H,27,28). The number of aliphatic carboxylic acids is 1. The van der Waals surface area contributed by atoms with Crippen molar-refractivity contribution in [1.29, 1.82) is 0 Å². The molecule has 0 fully saturated rings. The van der Waals surface area contributed by atoms with E-state index in [0.717, 1.165) is 41.8 Å². The summed E-state index contributed by atoms with van der Waals surface area (Å²) in [7, 11) is 0. The van der Waals surface area contributed by atoms with Gasteiger partial charge in [0.05, 0.1) is 5.92 Å². The van der Waals surface area contributed by atoms with Crippen LogP contribution in [0.5, 0.6) is 0 Å². The summed E-state index contributed by atoms with van der Waals surface area (Å²) in [5.41, 5.74) is 5.79. The summed E-state index contributed by atoms with van der Waals surface area (Å²) in [5.74, 6) is -1.34. The second-order valence-electron chi connectivity index (χ2n) is 8.08. The minimum atomic E-state index is -0.749. The van der Waals surface area contributed by atoms with Gasteiger partial charge in [-0.1, -0.05) is 19.1 Å². The van der Waals surface area contributed by atoms with Crippen molar-refractivity contribution in [3.8, 4) is 11.1 Å². The Hall–Kier alpha value is -2.27. The molecule has 152 valence electrons. The van der Waals surface area contributed by atoms with Crippen molar-refractivity contribution in [1.82, 2.24) is 4.98 Å². The molecule has 1 aliphatic rings. The van der Waals surface area contributed by atoms with Gasteiger partial charge in [-0.2, -0.15) is 0 Å². The molecule has 2 heterocycles. The maximum absolute atomic E-state index is 13.6. The molecule has 1 N–H and O–H groups in total. The van der Waals surface area contributed by atoms with Crippen molar-refractivity contribution in [3.63, 3.8) is 0 Å². The number of thiophene rings is 1. The van der Waals surface area contributed by atoms with Crippen LogP contribution in [0.25, 0.3) is 21.3 Å². The van der Waals surface area contributed by atoms with Gasteiger partial charge in [-0.15, -0.1) is 11.3 Å². The second kappa shape index (κ2) is 8.23. The summed E-state index contributed by atoms with van der Waals surface area (Å²) >= 11 is 1.80. The lowest BCUT2D eigenvalue weighted by atomic mass is 9.88. The van der Waals surface area contributed by atoms with E-state index in [1.54, 1.807) is 18.3 Å². The Morgan fingerprint density at radius 1 is 1.24 bits per heavy atom. The molecule has 3 aromatic rings. The number of aryl methyl sites for hydroxylation is 3. The first-order chi connectivity index (χ1) is 14.0. The van der Waals surface area contributed by atoms with E-state index in [9.17, 15) is 14.3 Å². The molecule has 0 radical (unpaired) electrons. The van der Waals surface area contributed by atoms with Gasteiger partial charge < -0.3 is 5.11 Å². The number of pyridine rings is 1. The van der Waals surface area contributed by atoms with Crippen molar-refractivity contribution in [2.24, 2.45) is 5.92 Å². The largest absolute Gasteiger partial charge is 0.481 e. The van der Waals surface area contributed by atoms with Gasteiger partial charge in [-0.05, 0) is 86.3 Å². The van der Waals surface area contributed by atoms with E-state index in [0.29, 0.717) is 6.42 Å². The fourth-order valence-electron chi connectivity index (χ4n) is 4.39. The highest BCUT2D eigenvalue weighted by molar-refractivity contribution is 7.19. The number of rotatable bonds is 6. The first kappa shape index (κ1) is 20.0. The maximum atomic E-state index is 13.6. The van der Waals surface area contributed by atoms with Crippen molar-refractivity contribution in [2.75, 3.05) is 0 Å². The lowest BCUT2D eigenvalue weighted by Gasteiger charge is -2.17. The van der Waals surface area contributed by atoms with Gasteiger partial charge in [-0.3, -0.25) is 4.79 Å². The highest BCUT2D eigenvalue weighted by Gasteiger charge is 2.23. The third-order valence-electron chi connectivity index (χ3n) is 6.03. The van der Waals surface area contributed by atoms with Gasteiger partial charge in [0.15, 0.2) is 0 Å². The van der Waals surface area contributed by atoms with Crippen LogP contribution in [0, 0.1) is 18.7 Å². The molecule has 0 bridgehead atoms. The molecule has 2 aromatic heterocycles. The summed E-state index contributed by atoms with van der Waals surface area (Å²) in [6, 6.07) is 6.76. The Morgan fingerprint density at radius 3 is 2.69 bits per heavy atom. The zero-order valence-electron chi connectivity index (χ0n) is 16.9. The lowest BCUT2D eigenvalue weighted by Crippen LogP contribution is -2.10. The van der Waals surface area contributed by atoms with Gasteiger partial charge in [0.1, 0.15) is 10.6 Å². The summed E-state index contributed by atoms with van der Waals surface area (Å²) < 4.78 is 13.6. The highest BCUT2D eigenvalue weighted by atomic mass is 32.1. The number of hydrogen-bond donors (Lipinski definition) is 1. The Balaban J connectivity index is 1.84. The Kier molecular flexibility index (Phi) is 5.68. The van der Waals surface area contributed by atoms with Crippen molar-refractivity contribution in [3.05, 3.63) is 51.8 Å². The van der Waals surface area contributed by atoms with Crippen LogP contribution in [0.1, 0.15) is 54.3 Å². The van der Waals surface area contributed by atoms with Crippen LogP contribution >= 0.6 is 11.3 Å². The number of aromatic nitrogens is 1. The van der Waals surface area contributed by atoms with Gasteiger partial charge in [0.2, 0.25) is 0 Å². The van der Waals surface area contributed by atoms with E-state index >= 15 is 0 Å². The molecule has 0 amide bonds. The molecule has 4 rings (SSSR count). The zero-order chi connectivity index (χ0) is 20.5. The zero-order valence-corrected chi connectivity index (χ0v) is 17.7. The number of nitrogens with zero attached hydrogens (tertiary/aromatic N) is 1. The van der Waals surface area contributed by atoms with Crippen LogP contribution in [-0.4, -0.2) is 16.1 Å². The van der Waals surface area contributed by atoms with Crippen LogP contribution in [0.2, 0.25) is 0 Å². The predicted octanol–water partition coefficient (Wildman–Crippen LogP) is 6.33. The molecule has 0 saturated carbocycles. The fourth-order valence-corrected chi connectivity index (χ4v) is 5.71. The lowest BCUT2D eigenvalue weighted by molar-refractivity contribution is -0.141. The maximum Gasteiger partial charge on any atom is 0.306 e. The smallest absolute Gasteiger partial charge is 0.306 e. The van der Waals surface area contributed by atoms with E-state index in [2.05, 4.69) is 0 Å². The number of halogens is 1. The molecular weight excluding hydrogens is 385 g/mol. The van der Waals surface area contributed by atoms with Gasteiger partial charge in [-0.25, -0.2) is 9.37 Å². The van der Waals surface area contributed by atoms with Crippen molar-refractivity contribution in [2.45, 2.75) is 58.8 Å². The fraction of sp³-hybridized carbons (Fsp3) is 0.417. The predicted molar refractivity (Wildman–Crippen MR) is 116 cm³/mol. The number of hydrogen-bond acceptors (Lipinski definition) is 3. The summed E-state index contributed by atoms with van der Waals surface area (Å²) in [6.07, 6.45) is 6.82. The monoisotopic (exact) mass is 411 g/mol. The van der Waals surface area contributed by atoms with Crippen LogP contribution < -0.4 is 0 Å². The molecule has 5 heteroatoms. The Bertz CT molecular complexity index is 1060. The first-order valence-corrected chi connectivity index (χ1v) is 11.2. The van der Waals surface area contributed by atoms with Gasteiger partial charge >= 0.3 is 5.97 Å². The molecule has 1 unspecified atom stereocenters. The van der Waals surface area contributed by atoms with E-state index in [1.165, 1.54) is 51.9 Å². The van der Waals surface area contributed by atoms with E-state index in [-0.39, 0.29) is 11.7 Å². The van der Waals surface area contributed by atoms with Crippen LogP contribution in [0.3, 0.4) is 0 Å². The number of fused-ring (bicyclic) bond motifs is 3. The molecule has 1 atom stereocenters. The highest BCUT2D eigenvalue weighted by Crippen LogP contribution is 2.43. The number of benzene rings is 1. The van der Waals surface area contributed by atoms with Crippen LogP contribution in [-0.2, 0) is 24.1 Å². The first-order valence-electron chi connectivity index (χ1n) is 10.4. The normalized spacial score (nSPS) is 14.7. The van der Waals surface area contributed by atoms with Gasteiger partial charge in [0.25, 0.3) is 0 Å². The SMILES string of the molecule is Cc1nc2sc3c(c2c(-c2ccc(F)cc2)c1CCCC(C)C(=O)O)CCCC3. The van der Waals surface area contributed by atoms with Crippen molar-refractivity contribution < 1.29 is 14.3 Å². The Labute approximate surface area is 174 Å². The van der Waals surface area contributed by atoms with Crippen molar-refractivity contribution >= 4 is 27.5 Å². The average molecular weight is 412 g/mol. The molecule has 1 aliphatic carbocycles. The quantitative estimate of drug-likeness (QED) is 0.515. The third kappa shape index (κ3) is 3.93. The molecule has 29 heavy (non-hydrogen) atoms. The summed E-state index contributed by atoms with van der Waals surface area (Å²) in [6.45, 7) is 3.80. The second-order valence-corrected chi connectivity index (χ2v) is 9.16. The summed E-state index contributed by atoms with van der Waals surface area (Å²) in [5, 5.41) is 10.4. The minimum Gasteiger partial charge on any atom is -0.481 e. The Morgan fingerprint density at radius 2 is 1.97 bits per heavy atom. The number of carboxylic acids is 1. The molecule has 0 aliphatic heterocycles. The summed E-state index contributed by atoms with van der Waals surface area (Å²) in [4.78, 5) is 18.7. The molecule has 1 aromatic carbocycles. The topological polar surface area (TPSA) is 50.2 Å². The van der Waals surface area contributed by atoms with Gasteiger partial charge in [0, 0.05) is 16.0 Å². The van der Waals surface area contributed by atoms with E-state index in [1.807, 2.05) is 19.1 Å². The third-order valence-corrected chi connectivity index (χ3v) is 7.21. The van der Waals surface area contributed by atoms with Crippen LogP contribution in [0.15, 0.2) is 24.3 Å². The molecule has 3 nitrogen and oxygen atoms in total. The average Bonchev–Trinajstić information content (AvgIpc) is 3.06.